The van der Waals surface area contributed by atoms with Crippen LogP contribution in [0.15, 0.2) is 0 Å². The van der Waals surface area contributed by atoms with Gasteiger partial charge in [0.15, 0.2) is 0 Å². The van der Waals surface area contributed by atoms with Crippen LogP contribution in [0, 0.1) is 0 Å². The Kier molecular flexibility index (Phi) is 11.5. The first-order chi connectivity index (χ1) is 11.4. The molecule has 0 aromatic rings. The second-order valence-electron chi connectivity index (χ2n) is 5.76. The predicted octanol–water partition coefficient (Wildman–Crippen LogP) is 2.23. The number of thioether (sulfide) groups is 1. The second-order valence-corrected chi connectivity index (χ2v) is 9.55. The van der Waals surface area contributed by atoms with Gasteiger partial charge in [-0.05, 0) is 27.7 Å². The van der Waals surface area contributed by atoms with E-state index < -0.39 is 25.5 Å². The number of carboxylic acids is 1. The molecule has 25 heavy (non-hydrogen) atoms. The summed E-state index contributed by atoms with van der Waals surface area (Å²) in [5.41, 5.74) is 0. The van der Waals surface area contributed by atoms with Crippen LogP contribution in [0.2, 0.25) is 0 Å². The van der Waals surface area contributed by atoms with E-state index >= 15 is 0 Å². The SMILES string of the molecule is CC(=O)N[C@@H](CSC(=S)NCCP(=O)(OC(C)C)OC(C)C)C(=O)O. The fraction of sp³-hybridized carbons (Fsp3) is 0.786. The smallest absolute Gasteiger partial charge is 0.332 e. The Hall–Kier alpha value is -0.670. The number of aliphatic carboxylic acids is 1. The monoisotopic (exact) mass is 414 g/mol. The molecule has 0 unspecified atom stereocenters. The number of thiocarbonyl (C=S) groups is 1. The molecule has 0 fully saturated rings. The first-order valence-corrected chi connectivity index (χ1v) is 10.9. The maximum absolute atomic E-state index is 12.6. The highest BCUT2D eigenvalue weighted by Gasteiger charge is 2.27. The van der Waals surface area contributed by atoms with Crippen LogP contribution < -0.4 is 10.6 Å². The number of rotatable bonds is 11. The molecule has 0 heterocycles. The lowest BCUT2D eigenvalue weighted by molar-refractivity contribution is -0.140. The molecule has 0 saturated carbocycles. The Morgan fingerprint density at radius 2 is 1.72 bits per heavy atom. The average molecular weight is 414 g/mol. The highest BCUT2D eigenvalue weighted by Crippen LogP contribution is 2.49. The zero-order chi connectivity index (χ0) is 19.6. The van der Waals surface area contributed by atoms with Gasteiger partial charge in [0.2, 0.25) is 5.91 Å². The van der Waals surface area contributed by atoms with Crippen LogP contribution >= 0.6 is 31.6 Å². The number of carboxylic acid groups (broad SMARTS) is 1. The fourth-order valence-corrected chi connectivity index (χ4v) is 4.68. The van der Waals surface area contributed by atoms with Crippen molar-refractivity contribution in [2.45, 2.75) is 52.9 Å². The molecule has 0 aliphatic carbocycles. The maximum atomic E-state index is 12.6. The van der Waals surface area contributed by atoms with Crippen LogP contribution in [0.4, 0.5) is 0 Å². The van der Waals surface area contributed by atoms with Gasteiger partial charge in [-0.25, -0.2) is 4.79 Å². The van der Waals surface area contributed by atoms with Crippen molar-refractivity contribution >= 4 is 47.8 Å². The lowest BCUT2D eigenvalue weighted by atomic mass is 10.3. The Balaban J connectivity index is 4.40. The largest absolute Gasteiger partial charge is 0.480 e. The van der Waals surface area contributed by atoms with E-state index in [1.807, 2.05) is 0 Å². The number of hydrogen-bond donors (Lipinski definition) is 3. The molecule has 0 saturated heterocycles. The third-order valence-corrected chi connectivity index (χ3v) is 6.12. The highest BCUT2D eigenvalue weighted by molar-refractivity contribution is 8.23. The standard InChI is InChI=1S/C14H27N2O6PS2/c1-9(2)21-23(20,22-10(3)4)7-6-15-14(24)25-8-12(13(18)19)16-11(5)17/h9-10,12H,6-8H2,1-5H3,(H,15,24)(H,16,17)(H,18,19)/t12-/m0/s1. The highest BCUT2D eigenvalue weighted by atomic mass is 32.2. The molecule has 0 aliphatic heterocycles. The summed E-state index contributed by atoms with van der Waals surface area (Å²) >= 11 is 6.20. The van der Waals surface area contributed by atoms with Gasteiger partial charge in [-0.2, -0.15) is 0 Å². The van der Waals surface area contributed by atoms with E-state index in [4.69, 9.17) is 26.4 Å². The summed E-state index contributed by atoms with van der Waals surface area (Å²) in [7, 11) is -3.24. The van der Waals surface area contributed by atoms with Crippen molar-refractivity contribution in [2.75, 3.05) is 18.5 Å². The summed E-state index contributed by atoms with van der Waals surface area (Å²) in [6, 6.07) is -1.03. The molecule has 11 heteroatoms. The van der Waals surface area contributed by atoms with Gasteiger partial charge in [0.05, 0.1) is 18.4 Å². The first kappa shape index (κ1) is 24.3. The Morgan fingerprint density at radius 1 is 1.20 bits per heavy atom. The van der Waals surface area contributed by atoms with Crippen molar-refractivity contribution in [2.24, 2.45) is 0 Å². The normalized spacial score (nSPS) is 12.9. The Labute approximate surface area is 158 Å². The molecule has 0 bridgehead atoms. The lowest BCUT2D eigenvalue weighted by Gasteiger charge is -2.23. The maximum Gasteiger partial charge on any atom is 0.332 e. The van der Waals surface area contributed by atoms with Gasteiger partial charge in [0.1, 0.15) is 10.4 Å². The van der Waals surface area contributed by atoms with E-state index in [2.05, 4.69) is 10.6 Å². The van der Waals surface area contributed by atoms with Crippen molar-refractivity contribution in [1.82, 2.24) is 10.6 Å². The van der Waals surface area contributed by atoms with E-state index in [1.54, 1.807) is 27.7 Å². The van der Waals surface area contributed by atoms with Gasteiger partial charge in [0, 0.05) is 19.2 Å². The molecule has 0 aromatic carbocycles. The van der Waals surface area contributed by atoms with Crippen LogP contribution in [-0.4, -0.2) is 58.0 Å². The van der Waals surface area contributed by atoms with Crippen molar-refractivity contribution in [3.05, 3.63) is 0 Å². The molecule has 0 radical (unpaired) electrons. The summed E-state index contributed by atoms with van der Waals surface area (Å²) in [6.45, 7) is 8.62. The second kappa shape index (κ2) is 11.9. The van der Waals surface area contributed by atoms with Crippen molar-refractivity contribution in [3.63, 3.8) is 0 Å². The molecular formula is C14H27N2O6PS2. The first-order valence-electron chi connectivity index (χ1n) is 7.81. The molecule has 1 atom stereocenters. The molecule has 0 rings (SSSR count). The minimum absolute atomic E-state index is 0.0867. The van der Waals surface area contributed by atoms with Crippen LogP contribution in [0.5, 0.6) is 0 Å². The minimum Gasteiger partial charge on any atom is -0.480 e. The van der Waals surface area contributed by atoms with E-state index in [9.17, 15) is 14.2 Å². The number of amides is 1. The van der Waals surface area contributed by atoms with Gasteiger partial charge in [-0.1, -0.05) is 24.0 Å². The van der Waals surface area contributed by atoms with Crippen LogP contribution in [0.25, 0.3) is 0 Å². The fourth-order valence-electron chi connectivity index (χ4n) is 1.70. The third-order valence-electron chi connectivity index (χ3n) is 2.45. The van der Waals surface area contributed by atoms with E-state index in [0.717, 1.165) is 11.8 Å². The summed E-state index contributed by atoms with van der Waals surface area (Å²) < 4.78 is 23.8. The van der Waals surface area contributed by atoms with Crippen molar-refractivity contribution < 1.29 is 28.3 Å². The summed E-state index contributed by atoms with van der Waals surface area (Å²) in [5, 5.41) is 14.2. The van der Waals surface area contributed by atoms with Crippen LogP contribution in [0.3, 0.4) is 0 Å². The molecular weight excluding hydrogens is 387 g/mol. The zero-order valence-electron chi connectivity index (χ0n) is 15.1. The van der Waals surface area contributed by atoms with Gasteiger partial charge in [-0.15, -0.1) is 0 Å². The summed E-state index contributed by atoms with van der Waals surface area (Å²) in [5.74, 6) is -1.47. The molecule has 146 valence electrons. The molecule has 8 nitrogen and oxygen atoms in total. The molecule has 0 aliphatic rings. The minimum atomic E-state index is -3.24. The van der Waals surface area contributed by atoms with E-state index in [-0.39, 0.29) is 30.7 Å². The average Bonchev–Trinajstić information content (AvgIpc) is 2.40. The van der Waals surface area contributed by atoms with Crippen molar-refractivity contribution in [1.29, 1.82) is 0 Å². The molecule has 0 aromatic heterocycles. The predicted molar refractivity (Wildman–Crippen MR) is 103 cm³/mol. The summed E-state index contributed by atoms with van der Waals surface area (Å²) in [6.07, 6.45) is -0.335. The van der Waals surface area contributed by atoms with Gasteiger partial charge < -0.3 is 24.8 Å². The van der Waals surface area contributed by atoms with Gasteiger partial charge in [-0.3, -0.25) is 9.36 Å². The molecule has 1 amide bonds. The zero-order valence-corrected chi connectivity index (χ0v) is 17.6. The Morgan fingerprint density at radius 3 is 2.12 bits per heavy atom. The third kappa shape index (κ3) is 12.3. The topological polar surface area (TPSA) is 114 Å². The lowest BCUT2D eigenvalue weighted by Crippen LogP contribution is -2.42. The van der Waals surface area contributed by atoms with Gasteiger partial charge >= 0.3 is 13.6 Å². The number of hydrogen-bond acceptors (Lipinski definition) is 7. The van der Waals surface area contributed by atoms with Gasteiger partial charge in [0.25, 0.3) is 0 Å². The van der Waals surface area contributed by atoms with E-state index in [0.29, 0.717) is 4.32 Å². The van der Waals surface area contributed by atoms with Crippen LogP contribution in [0.1, 0.15) is 34.6 Å². The van der Waals surface area contributed by atoms with E-state index in [1.165, 1.54) is 6.92 Å². The number of nitrogens with one attached hydrogen (secondary N) is 2. The number of carbonyl (C=O) groups is 2. The quantitative estimate of drug-likeness (QED) is 0.346. The molecule has 0 spiro atoms. The Bertz CT molecular complexity index is 502. The molecule has 3 N–H and O–H groups in total. The van der Waals surface area contributed by atoms with Crippen LogP contribution in [-0.2, 0) is 23.2 Å². The summed E-state index contributed by atoms with van der Waals surface area (Å²) in [4.78, 5) is 22.0. The van der Waals surface area contributed by atoms with Crippen molar-refractivity contribution in [3.8, 4) is 0 Å². The number of carbonyl (C=O) groups excluding carboxylic acids is 1.